The van der Waals surface area contributed by atoms with Gasteiger partial charge in [-0.3, -0.25) is 4.79 Å². The molecule has 3 rings (SSSR count). The van der Waals surface area contributed by atoms with Gasteiger partial charge in [-0.15, -0.1) is 0 Å². The van der Waals surface area contributed by atoms with Gasteiger partial charge < -0.3 is 4.90 Å². The van der Waals surface area contributed by atoms with Crippen molar-refractivity contribution in [2.75, 3.05) is 4.90 Å². The largest absolute Gasteiger partial charge is 0.309 e. The van der Waals surface area contributed by atoms with E-state index in [1.165, 1.54) is 12.0 Å². The molecule has 2 nitrogen and oxygen atoms in total. The van der Waals surface area contributed by atoms with Crippen LogP contribution in [0.3, 0.4) is 0 Å². The maximum atomic E-state index is 12.0. The lowest BCUT2D eigenvalue weighted by atomic mass is 10.1. The molecule has 0 spiro atoms. The lowest BCUT2D eigenvalue weighted by molar-refractivity contribution is -0.121. The minimum Gasteiger partial charge on any atom is -0.309 e. The van der Waals surface area contributed by atoms with Crippen molar-refractivity contribution >= 4 is 11.6 Å². The summed E-state index contributed by atoms with van der Waals surface area (Å²) in [5, 5.41) is 0. The first-order valence-corrected chi connectivity index (χ1v) is 5.65. The molecule has 1 saturated heterocycles. The quantitative estimate of drug-likeness (QED) is 0.683. The molecule has 1 aliphatic carbocycles. The number of amides is 1. The predicted molar refractivity (Wildman–Crippen MR) is 59.8 cm³/mol. The second kappa shape index (κ2) is 3.09. The summed E-state index contributed by atoms with van der Waals surface area (Å²) in [6, 6.07) is 8.74. The van der Waals surface area contributed by atoms with E-state index in [1.54, 1.807) is 0 Å². The number of nitrogens with zero attached hydrogens (tertiary/aromatic N) is 1. The average Bonchev–Trinajstić information content (AvgIpc) is 2.77. The van der Waals surface area contributed by atoms with E-state index in [-0.39, 0.29) is 0 Å². The Bertz CT molecular complexity index is 413. The van der Waals surface area contributed by atoms with Crippen molar-refractivity contribution in [3.05, 3.63) is 29.8 Å². The highest BCUT2D eigenvalue weighted by Crippen LogP contribution is 2.41. The summed E-state index contributed by atoms with van der Waals surface area (Å²) in [6.07, 6.45) is 3.36. The van der Waals surface area contributed by atoms with Crippen LogP contribution in [-0.2, 0) is 4.79 Å². The molecule has 1 amide bonds. The Morgan fingerprint density at radius 2 is 2.20 bits per heavy atom. The van der Waals surface area contributed by atoms with Crippen LogP contribution in [-0.4, -0.2) is 11.9 Å². The van der Waals surface area contributed by atoms with Crippen LogP contribution in [0.15, 0.2) is 24.3 Å². The molecule has 1 heterocycles. The monoisotopic (exact) mass is 201 g/mol. The fourth-order valence-electron chi connectivity index (χ4n) is 2.91. The number of fused-ring (bicyclic) bond motifs is 2. The van der Waals surface area contributed by atoms with E-state index in [2.05, 4.69) is 19.1 Å². The molecule has 1 aromatic carbocycles. The molecule has 1 aromatic rings. The molecular formula is C13H15NO. The molecule has 78 valence electrons. The van der Waals surface area contributed by atoms with Crippen molar-refractivity contribution in [2.24, 2.45) is 5.92 Å². The van der Waals surface area contributed by atoms with Gasteiger partial charge in [-0.25, -0.2) is 0 Å². The summed E-state index contributed by atoms with van der Waals surface area (Å²) >= 11 is 0. The first kappa shape index (κ1) is 8.96. The van der Waals surface area contributed by atoms with E-state index in [0.29, 0.717) is 17.9 Å². The second-order valence-corrected chi connectivity index (χ2v) is 4.71. The number of piperidine rings is 1. The van der Waals surface area contributed by atoms with Crippen LogP contribution >= 0.6 is 0 Å². The summed E-state index contributed by atoms with van der Waals surface area (Å²) in [5.74, 6) is 0.660. The Morgan fingerprint density at radius 1 is 1.33 bits per heavy atom. The van der Waals surface area contributed by atoms with Crippen molar-refractivity contribution in [3.63, 3.8) is 0 Å². The van der Waals surface area contributed by atoms with E-state index < -0.39 is 0 Å². The Balaban J connectivity index is 1.98. The first-order chi connectivity index (χ1) is 7.25. The van der Waals surface area contributed by atoms with E-state index in [1.807, 2.05) is 17.0 Å². The Labute approximate surface area is 89.9 Å². The smallest absolute Gasteiger partial charge is 0.230 e. The molecule has 2 bridgehead atoms. The number of carbonyl (C=O) groups is 1. The van der Waals surface area contributed by atoms with Gasteiger partial charge in [0.2, 0.25) is 5.91 Å². The number of rotatable bonds is 1. The van der Waals surface area contributed by atoms with Crippen LogP contribution in [0.2, 0.25) is 0 Å². The Morgan fingerprint density at radius 3 is 2.87 bits per heavy atom. The van der Waals surface area contributed by atoms with Crippen molar-refractivity contribution in [1.82, 2.24) is 0 Å². The molecule has 2 atom stereocenters. The van der Waals surface area contributed by atoms with Crippen molar-refractivity contribution < 1.29 is 4.79 Å². The lowest BCUT2D eigenvalue weighted by Gasteiger charge is -2.27. The number of benzene rings is 1. The topological polar surface area (TPSA) is 20.3 Å². The van der Waals surface area contributed by atoms with Gasteiger partial charge in [0, 0.05) is 17.6 Å². The molecule has 2 heteroatoms. The van der Waals surface area contributed by atoms with Crippen LogP contribution in [0.4, 0.5) is 5.69 Å². The fourth-order valence-corrected chi connectivity index (χ4v) is 2.91. The normalized spacial score (nSPS) is 28.9. The van der Waals surface area contributed by atoms with Crippen molar-refractivity contribution in [1.29, 1.82) is 0 Å². The number of hydrogen-bond donors (Lipinski definition) is 0. The van der Waals surface area contributed by atoms with Crippen LogP contribution in [0.25, 0.3) is 0 Å². The highest BCUT2D eigenvalue weighted by atomic mass is 16.2. The molecule has 1 aliphatic heterocycles. The molecule has 0 N–H and O–H groups in total. The van der Waals surface area contributed by atoms with Gasteiger partial charge in [-0.05, 0) is 43.9 Å². The molecule has 15 heavy (non-hydrogen) atoms. The molecular weight excluding hydrogens is 186 g/mol. The van der Waals surface area contributed by atoms with E-state index in [9.17, 15) is 4.79 Å². The molecule has 0 radical (unpaired) electrons. The van der Waals surface area contributed by atoms with Gasteiger partial charge >= 0.3 is 0 Å². The maximum absolute atomic E-state index is 12.0. The number of anilines is 1. The summed E-state index contributed by atoms with van der Waals surface area (Å²) in [4.78, 5) is 14.0. The molecule has 2 aliphatic rings. The number of carbonyl (C=O) groups excluding carboxylic acids is 1. The van der Waals surface area contributed by atoms with E-state index in [4.69, 9.17) is 0 Å². The third-order valence-electron chi connectivity index (χ3n) is 3.64. The van der Waals surface area contributed by atoms with Gasteiger partial charge in [-0.2, -0.15) is 0 Å². The molecule has 2 fully saturated rings. The minimum atomic E-state index is 0.315. The van der Waals surface area contributed by atoms with Gasteiger partial charge in [0.05, 0.1) is 0 Å². The Hall–Kier alpha value is -1.31. The second-order valence-electron chi connectivity index (χ2n) is 4.71. The van der Waals surface area contributed by atoms with Crippen LogP contribution in [0.1, 0.15) is 24.8 Å². The summed E-state index contributed by atoms with van der Waals surface area (Å²) in [6.45, 7) is 2.07. The van der Waals surface area contributed by atoms with Gasteiger partial charge in [0.25, 0.3) is 0 Å². The SMILES string of the molecule is Cc1cccc(N2C(=O)C3CCC2C3)c1. The zero-order chi connectivity index (χ0) is 10.4. The van der Waals surface area contributed by atoms with Gasteiger partial charge in [0.15, 0.2) is 0 Å². The fraction of sp³-hybridized carbons (Fsp3) is 0.462. The molecule has 0 aromatic heterocycles. The zero-order valence-electron chi connectivity index (χ0n) is 8.94. The average molecular weight is 201 g/mol. The highest BCUT2D eigenvalue weighted by molar-refractivity contribution is 5.98. The molecule has 2 unspecified atom stereocenters. The number of aryl methyl sites for hydroxylation is 1. The third-order valence-corrected chi connectivity index (χ3v) is 3.64. The first-order valence-electron chi connectivity index (χ1n) is 5.65. The van der Waals surface area contributed by atoms with Crippen LogP contribution in [0.5, 0.6) is 0 Å². The van der Waals surface area contributed by atoms with E-state index >= 15 is 0 Å². The zero-order valence-corrected chi connectivity index (χ0v) is 8.94. The highest BCUT2D eigenvalue weighted by Gasteiger charge is 2.45. The summed E-state index contributed by atoms with van der Waals surface area (Å²) < 4.78 is 0. The number of hydrogen-bond acceptors (Lipinski definition) is 1. The van der Waals surface area contributed by atoms with Gasteiger partial charge in [0.1, 0.15) is 0 Å². The van der Waals surface area contributed by atoms with Gasteiger partial charge in [-0.1, -0.05) is 12.1 Å². The lowest BCUT2D eigenvalue weighted by Crippen LogP contribution is -2.36. The maximum Gasteiger partial charge on any atom is 0.230 e. The van der Waals surface area contributed by atoms with Crippen molar-refractivity contribution in [3.8, 4) is 0 Å². The summed E-state index contributed by atoms with van der Waals surface area (Å²) in [7, 11) is 0. The van der Waals surface area contributed by atoms with Crippen LogP contribution < -0.4 is 4.90 Å². The standard InChI is InChI=1S/C13H15NO/c1-9-3-2-4-11(7-9)14-12-6-5-10(8-12)13(14)15/h2-4,7,10,12H,5-6,8H2,1H3. The summed E-state index contributed by atoms with van der Waals surface area (Å²) in [5.41, 5.74) is 2.32. The predicted octanol–water partition coefficient (Wildman–Crippen LogP) is 2.51. The minimum absolute atomic E-state index is 0.315. The van der Waals surface area contributed by atoms with Crippen LogP contribution in [0, 0.1) is 12.8 Å². The molecule has 1 saturated carbocycles. The van der Waals surface area contributed by atoms with E-state index in [0.717, 1.165) is 18.5 Å². The Kier molecular flexibility index (Phi) is 1.84. The van der Waals surface area contributed by atoms with Crippen molar-refractivity contribution in [2.45, 2.75) is 32.2 Å². The third kappa shape index (κ3) is 1.28.